The van der Waals surface area contributed by atoms with Crippen LogP contribution in [-0.4, -0.2) is 19.3 Å². The van der Waals surface area contributed by atoms with Gasteiger partial charge in [-0.25, -0.2) is 9.67 Å². The maximum absolute atomic E-state index is 6.84. The summed E-state index contributed by atoms with van der Waals surface area (Å²) in [6, 6.07) is 26.1. The van der Waals surface area contributed by atoms with Crippen molar-refractivity contribution in [2.24, 2.45) is 17.8 Å². The Labute approximate surface area is 310 Å². The fourth-order valence-corrected chi connectivity index (χ4v) is 8.72. The van der Waals surface area contributed by atoms with Crippen LogP contribution in [0.5, 0.6) is 11.5 Å². The third-order valence-electron chi connectivity index (χ3n) is 11.1. The molecule has 52 heavy (non-hydrogen) atoms. The molecule has 3 aromatic heterocycles. The van der Waals surface area contributed by atoms with Gasteiger partial charge in [0.1, 0.15) is 17.3 Å². The van der Waals surface area contributed by atoms with Crippen LogP contribution in [0.3, 0.4) is 0 Å². The van der Waals surface area contributed by atoms with Crippen LogP contribution in [0.1, 0.15) is 115 Å². The Morgan fingerprint density at radius 3 is 2.38 bits per heavy atom. The van der Waals surface area contributed by atoms with E-state index in [1.807, 2.05) is 6.20 Å². The third-order valence-corrected chi connectivity index (χ3v) is 11.1. The van der Waals surface area contributed by atoms with Crippen LogP contribution in [0.4, 0.5) is 0 Å². The first kappa shape index (κ1) is 35.7. The lowest BCUT2D eigenvalue weighted by Crippen LogP contribution is -2.21. The zero-order valence-corrected chi connectivity index (χ0v) is 32.7. The number of allylic oxidation sites excluding steroid dienone is 2. The average molecular weight is 693 g/mol. The second-order valence-corrected chi connectivity index (χ2v) is 16.2. The summed E-state index contributed by atoms with van der Waals surface area (Å²) in [4.78, 5) is 4.85. The number of ether oxygens (including phenoxy) is 1. The van der Waals surface area contributed by atoms with Gasteiger partial charge in [0.05, 0.1) is 22.4 Å². The van der Waals surface area contributed by atoms with Crippen molar-refractivity contribution < 1.29 is 4.74 Å². The molecule has 0 amide bonds. The Balaban J connectivity index is 1.34. The molecule has 0 N–H and O–H groups in total. The number of aromatic nitrogens is 4. The highest BCUT2D eigenvalue weighted by Gasteiger charge is 2.32. The second-order valence-electron chi connectivity index (χ2n) is 16.2. The molecular formula is C47H56N4O. The summed E-state index contributed by atoms with van der Waals surface area (Å²) in [5.74, 6) is 5.08. The summed E-state index contributed by atoms with van der Waals surface area (Å²) >= 11 is 0. The molecule has 3 aromatic carbocycles. The fourth-order valence-electron chi connectivity index (χ4n) is 8.72. The Kier molecular flexibility index (Phi) is 10.2. The zero-order valence-electron chi connectivity index (χ0n) is 32.7. The smallest absolute Gasteiger partial charge is 0.137 e. The van der Waals surface area contributed by atoms with E-state index in [1.165, 1.54) is 45.2 Å². The monoisotopic (exact) mass is 692 g/mol. The Morgan fingerprint density at radius 2 is 1.63 bits per heavy atom. The molecule has 0 bridgehead atoms. The third kappa shape index (κ3) is 6.95. The molecule has 270 valence electrons. The van der Waals surface area contributed by atoms with Gasteiger partial charge in [0.2, 0.25) is 0 Å². The number of rotatable bonds is 11. The SMILES string of the molecule is CCCc1ccnc(-n2c3ccccc3c3ccc(Oc4cc(C(C)C)cc(-n5nc(C)c(C6C(C)=C[C@H](C)C[C@@H]6C)c5CCC(C)C)c4)cc32)c1. The number of fused-ring (bicyclic) bond motifs is 3. The first-order chi connectivity index (χ1) is 25.0. The summed E-state index contributed by atoms with van der Waals surface area (Å²) < 4.78 is 11.4. The van der Waals surface area contributed by atoms with Crippen molar-refractivity contribution in [3.8, 4) is 23.0 Å². The molecule has 1 unspecified atom stereocenters. The molecule has 5 heteroatoms. The van der Waals surface area contributed by atoms with Gasteiger partial charge in [-0.15, -0.1) is 0 Å². The normalized spacial score (nSPS) is 17.8. The Bertz CT molecular complexity index is 2250. The van der Waals surface area contributed by atoms with Crippen molar-refractivity contribution in [2.45, 2.75) is 106 Å². The summed E-state index contributed by atoms with van der Waals surface area (Å²) in [5, 5.41) is 7.72. The molecule has 3 heterocycles. The molecule has 3 atom stereocenters. The summed E-state index contributed by atoms with van der Waals surface area (Å²) in [6.45, 7) is 20.7. The van der Waals surface area contributed by atoms with Crippen LogP contribution in [-0.2, 0) is 12.8 Å². The van der Waals surface area contributed by atoms with E-state index < -0.39 is 0 Å². The number of hydrogen-bond acceptors (Lipinski definition) is 3. The maximum Gasteiger partial charge on any atom is 0.137 e. The molecule has 1 aliphatic carbocycles. The standard InChI is InChI=1S/C47H56N4O/c1-10-13-35-20-21-48-45(24-35)50-42-15-12-11-14-40(42)41-18-17-38(28-44(41)50)52-39-26-36(30(4)5)25-37(27-39)51-43(19-16-29(2)3)47(34(9)49-51)46-32(7)22-31(6)23-33(46)8/h11-12,14-15,17-18,20-22,24-31,33,46H,10,13,16,19,23H2,1-9H3/t31-,33-,46?/m0/s1. The highest BCUT2D eigenvalue weighted by atomic mass is 16.5. The van der Waals surface area contributed by atoms with E-state index in [0.717, 1.165) is 65.4 Å². The molecule has 0 aliphatic heterocycles. The van der Waals surface area contributed by atoms with Crippen LogP contribution < -0.4 is 4.74 Å². The quantitative estimate of drug-likeness (QED) is 0.127. The van der Waals surface area contributed by atoms with E-state index in [2.05, 4.69) is 150 Å². The number of para-hydroxylation sites is 1. The van der Waals surface area contributed by atoms with Crippen molar-refractivity contribution in [1.29, 1.82) is 0 Å². The van der Waals surface area contributed by atoms with Crippen molar-refractivity contribution in [1.82, 2.24) is 19.3 Å². The van der Waals surface area contributed by atoms with Gasteiger partial charge in [0.15, 0.2) is 0 Å². The minimum atomic E-state index is 0.328. The number of hydrogen-bond donors (Lipinski definition) is 0. The molecule has 0 spiro atoms. The molecule has 6 aromatic rings. The molecule has 5 nitrogen and oxygen atoms in total. The summed E-state index contributed by atoms with van der Waals surface area (Å²) in [7, 11) is 0. The molecule has 7 rings (SSSR count). The van der Waals surface area contributed by atoms with Crippen LogP contribution >= 0.6 is 0 Å². The first-order valence-electron chi connectivity index (χ1n) is 19.6. The van der Waals surface area contributed by atoms with Crippen LogP contribution in [0.2, 0.25) is 0 Å². The lowest BCUT2D eigenvalue weighted by Gasteiger charge is -2.33. The molecule has 0 fully saturated rings. The number of benzene rings is 3. The second kappa shape index (κ2) is 14.8. The van der Waals surface area contributed by atoms with Gasteiger partial charge in [-0.05, 0) is 117 Å². The van der Waals surface area contributed by atoms with Crippen LogP contribution in [0, 0.1) is 24.7 Å². The number of aryl methyl sites for hydroxylation is 2. The lowest BCUT2D eigenvalue weighted by molar-refractivity contribution is 0.389. The van der Waals surface area contributed by atoms with E-state index in [9.17, 15) is 0 Å². The Morgan fingerprint density at radius 1 is 0.846 bits per heavy atom. The Hall–Kier alpha value is -4.64. The molecule has 0 saturated heterocycles. The van der Waals surface area contributed by atoms with Crippen molar-refractivity contribution in [3.05, 3.63) is 119 Å². The molecule has 0 saturated carbocycles. The fraction of sp³-hybridized carbons (Fsp3) is 0.404. The summed E-state index contributed by atoms with van der Waals surface area (Å²) in [5.41, 5.74) is 11.2. The van der Waals surface area contributed by atoms with E-state index in [4.69, 9.17) is 14.8 Å². The zero-order chi connectivity index (χ0) is 36.7. The number of nitrogens with zero attached hydrogens (tertiary/aromatic N) is 4. The highest BCUT2D eigenvalue weighted by Crippen LogP contribution is 2.44. The minimum absolute atomic E-state index is 0.328. The van der Waals surface area contributed by atoms with E-state index in [-0.39, 0.29) is 0 Å². The van der Waals surface area contributed by atoms with Gasteiger partial charge in [-0.1, -0.05) is 84.7 Å². The van der Waals surface area contributed by atoms with Crippen molar-refractivity contribution in [3.63, 3.8) is 0 Å². The highest BCUT2D eigenvalue weighted by molar-refractivity contribution is 6.09. The molecule has 0 radical (unpaired) electrons. The van der Waals surface area contributed by atoms with Gasteiger partial charge in [0.25, 0.3) is 0 Å². The van der Waals surface area contributed by atoms with E-state index in [0.29, 0.717) is 29.6 Å². The molecule has 1 aliphatic rings. The number of pyridine rings is 1. The topological polar surface area (TPSA) is 44.9 Å². The van der Waals surface area contributed by atoms with Crippen LogP contribution in [0.15, 0.2) is 90.6 Å². The first-order valence-corrected chi connectivity index (χ1v) is 19.6. The summed E-state index contributed by atoms with van der Waals surface area (Å²) in [6.07, 6.45) is 9.88. The maximum atomic E-state index is 6.84. The minimum Gasteiger partial charge on any atom is -0.457 e. The van der Waals surface area contributed by atoms with Crippen LogP contribution in [0.25, 0.3) is 33.3 Å². The van der Waals surface area contributed by atoms with E-state index in [1.54, 1.807) is 0 Å². The molecular weight excluding hydrogens is 637 g/mol. The predicted molar refractivity (Wildman–Crippen MR) is 218 cm³/mol. The van der Waals surface area contributed by atoms with Crippen molar-refractivity contribution >= 4 is 21.8 Å². The van der Waals surface area contributed by atoms with Gasteiger partial charge in [0, 0.05) is 46.3 Å². The predicted octanol–water partition coefficient (Wildman–Crippen LogP) is 12.8. The van der Waals surface area contributed by atoms with Gasteiger partial charge >= 0.3 is 0 Å². The van der Waals surface area contributed by atoms with E-state index >= 15 is 0 Å². The van der Waals surface area contributed by atoms with Gasteiger partial charge in [-0.2, -0.15) is 5.10 Å². The lowest BCUT2D eigenvalue weighted by atomic mass is 9.72. The van der Waals surface area contributed by atoms with Gasteiger partial charge in [-0.3, -0.25) is 4.57 Å². The average Bonchev–Trinajstić information content (AvgIpc) is 3.61. The van der Waals surface area contributed by atoms with Crippen molar-refractivity contribution in [2.75, 3.05) is 0 Å². The largest absolute Gasteiger partial charge is 0.457 e. The van der Waals surface area contributed by atoms with Gasteiger partial charge < -0.3 is 4.74 Å².